The average molecular weight is 245 g/mol. The van der Waals surface area contributed by atoms with Crippen molar-refractivity contribution in [2.45, 2.75) is 6.54 Å². The van der Waals surface area contributed by atoms with Gasteiger partial charge in [-0.2, -0.15) is 15.4 Å². The van der Waals surface area contributed by atoms with Crippen molar-refractivity contribution in [3.05, 3.63) is 41.7 Å². The van der Waals surface area contributed by atoms with Crippen LogP contribution in [0.1, 0.15) is 16.1 Å². The normalized spacial score (nSPS) is 10.6. The Morgan fingerprint density at radius 3 is 2.61 bits per heavy atom. The van der Waals surface area contributed by atoms with E-state index < -0.39 is 0 Å². The fourth-order valence-electron chi connectivity index (χ4n) is 1.56. The van der Waals surface area contributed by atoms with Gasteiger partial charge in [-0.05, 0) is 31.8 Å². The van der Waals surface area contributed by atoms with Gasteiger partial charge in [-0.25, -0.2) is 0 Å². The van der Waals surface area contributed by atoms with E-state index in [2.05, 4.69) is 25.6 Å². The molecule has 2 rings (SSSR count). The summed E-state index contributed by atoms with van der Waals surface area (Å²) in [5, 5.41) is 12.5. The molecule has 1 amide bonds. The lowest BCUT2D eigenvalue weighted by molar-refractivity contribution is 0.102. The summed E-state index contributed by atoms with van der Waals surface area (Å²) in [5.41, 5.74) is 2.21. The van der Waals surface area contributed by atoms with E-state index in [1.807, 2.05) is 38.4 Å². The summed E-state index contributed by atoms with van der Waals surface area (Å²) in [5.74, 6) is -0.274. The monoisotopic (exact) mass is 245 g/mol. The molecule has 6 heteroatoms. The standard InChI is InChI=1S/C12H15N5O/c1-17(2)8-9-3-5-10(6-4-9)14-12(18)11-7-13-16-15-11/h3-7H,8H2,1-2H3,(H,14,18)(H,13,15,16). The summed E-state index contributed by atoms with van der Waals surface area (Å²) >= 11 is 0. The predicted octanol–water partition coefficient (Wildman–Crippen LogP) is 1.12. The molecule has 0 bridgehead atoms. The van der Waals surface area contributed by atoms with Gasteiger partial charge in [0, 0.05) is 12.2 Å². The Hall–Kier alpha value is -2.21. The van der Waals surface area contributed by atoms with Crippen LogP contribution in [-0.4, -0.2) is 40.3 Å². The maximum atomic E-state index is 11.7. The number of amides is 1. The molecule has 0 spiro atoms. The molecular formula is C12H15N5O. The number of H-pyrrole nitrogens is 1. The Kier molecular flexibility index (Phi) is 3.69. The molecule has 18 heavy (non-hydrogen) atoms. The van der Waals surface area contributed by atoms with Crippen LogP contribution < -0.4 is 5.32 Å². The summed E-state index contributed by atoms with van der Waals surface area (Å²) in [7, 11) is 4.03. The summed E-state index contributed by atoms with van der Waals surface area (Å²) in [6, 6.07) is 7.71. The summed E-state index contributed by atoms with van der Waals surface area (Å²) < 4.78 is 0. The number of carbonyl (C=O) groups excluding carboxylic acids is 1. The first-order chi connectivity index (χ1) is 8.65. The molecule has 1 aromatic carbocycles. The highest BCUT2D eigenvalue weighted by Crippen LogP contribution is 2.11. The van der Waals surface area contributed by atoms with Crippen molar-refractivity contribution in [2.24, 2.45) is 0 Å². The van der Waals surface area contributed by atoms with E-state index in [4.69, 9.17) is 0 Å². The Bertz CT molecular complexity index is 504. The third-order valence-electron chi connectivity index (χ3n) is 2.36. The molecule has 94 valence electrons. The van der Waals surface area contributed by atoms with Crippen LogP contribution in [0.5, 0.6) is 0 Å². The van der Waals surface area contributed by atoms with E-state index in [1.54, 1.807) is 0 Å². The number of benzene rings is 1. The van der Waals surface area contributed by atoms with Crippen LogP contribution in [0, 0.1) is 0 Å². The first-order valence-electron chi connectivity index (χ1n) is 5.56. The van der Waals surface area contributed by atoms with E-state index in [0.717, 1.165) is 12.2 Å². The number of carbonyl (C=O) groups is 1. The number of rotatable bonds is 4. The summed E-state index contributed by atoms with van der Waals surface area (Å²) in [6.45, 7) is 0.873. The lowest BCUT2D eigenvalue weighted by Crippen LogP contribution is -2.13. The number of aromatic amines is 1. The molecule has 1 aromatic heterocycles. The first-order valence-corrected chi connectivity index (χ1v) is 5.56. The molecule has 0 aliphatic heterocycles. The summed E-state index contributed by atoms with van der Waals surface area (Å²) in [4.78, 5) is 13.8. The largest absolute Gasteiger partial charge is 0.321 e. The number of hydrogen-bond donors (Lipinski definition) is 2. The van der Waals surface area contributed by atoms with Gasteiger partial charge >= 0.3 is 0 Å². The number of nitrogens with zero attached hydrogens (tertiary/aromatic N) is 3. The number of hydrogen-bond acceptors (Lipinski definition) is 4. The topological polar surface area (TPSA) is 73.9 Å². The Morgan fingerprint density at radius 1 is 1.33 bits per heavy atom. The lowest BCUT2D eigenvalue weighted by Gasteiger charge is -2.10. The van der Waals surface area contributed by atoms with Gasteiger partial charge in [0.25, 0.3) is 5.91 Å². The SMILES string of the molecule is CN(C)Cc1ccc(NC(=O)c2cn[nH]n2)cc1. The number of anilines is 1. The van der Waals surface area contributed by atoms with Crippen LogP contribution in [0.15, 0.2) is 30.5 Å². The molecule has 0 atom stereocenters. The van der Waals surface area contributed by atoms with Crippen molar-refractivity contribution in [3.8, 4) is 0 Å². The van der Waals surface area contributed by atoms with Gasteiger partial charge in [0.15, 0.2) is 5.69 Å². The highest BCUT2D eigenvalue weighted by molar-refractivity contribution is 6.02. The highest BCUT2D eigenvalue weighted by Gasteiger charge is 2.08. The molecule has 0 aliphatic carbocycles. The van der Waals surface area contributed by atoms with Gasteiger partial charge in [0.1, 0.15) is 0 Å². The van der Waals surface area contributed by atoms with Crippen molar-refractivity contribution in [2.75, 3.05) is 19.4 Å². The Labute approximate surface area is 105 Å². The number of aromatic nitrogens is 3. The molecule has 0 radical (unpaired) electrons. The maximum absolute atomic E-state index is 11.7. The minimum Gasteiger partial charge on any atom is -0.321 e. The van der Waals surface area contributed by atoms with Crippen LogP contribution in [0.4, 0.5) is 5.69 Å². The van der Waals surface area contributed by atoms with Gasteiger partial charge in [0.05, 0.1) is 6.20 Å². The van der Waals surface area contributed by atoms with E-state index in [1.165, 1.54) is 11.8 Å². The van der Waals surface area contributed by atoms with Crippen molar-refractivity contribution < 1.29 is 4.79 Å². The zero-order valence-electron chi connectivity index (χ0n) is 10.3. The Morgan fingerprint density at radius 2 is 2.06 bits per heavy atom. The second-order valence-electron chi connectivity index (χ2n) is 4.24. The van der Waals surface area contributed by atoms with Gasteiger partial charge in [-0.3, -0.25) is 4.79 Å². The van der Waals surface area contributed by atoms with Crippen LogP contribution in [-0.2, 0) is 6.54 Å². The molecule has 0 saturated carbocycles. The van der Waals surface area contributed by atoms with E-state index >= 15 is 0 Å². The fourth-order valence-corrected chi connectivity index (χ4v) is 1.56. The van der Waals surface area contributed by atoms with Gasteiger partial charge < -0.3 is 10.2 Å². The number of nitrogens with one attached hydrogen (secondary N) is 2. The molecule has 0 fully saturated rings. The van der Waals surface area contributed by atoms with Crippen molar-refractivity contribution in [3.63, 3.8) is 0 Å². The predicted molar refractivity (Wildman–Crippen MR) is 68.2 cm³/mol. The maximum Gasteiger partial charge on any atom is 0.277 e. The molecule has 0 saturated heterocycles. The van der Waals surface area contributed by atoms with E-state index in [-0.39, 0.29) is 11.6 Å². The minimum atomic E-state index is -0.274. The summed E-state index contributed by atoms with van der Waals surface area (Å²) in [6.07, 6.45) is 1.38. The van der Waals surface area contributed by atoms with E-state index in [9.17, 15) is 4.79 Å². The zero-order chi connectivity index (χ0) is 13.0. The van der Waals surface area contributed by atoms with E-state index in [0.29, 0.717) is 0 Å². The highest BCUT2D eigenvalue weighted by atomic mass is 16.2. The first kappa shape index (κ1) is 12.3. The molecule has 2 aromatic rings. The van der Waals surface area contributed by atoms with Crippen LogP contribution in [0.3, 0.4) is 0 Å². The second kappa shape index (κ2) is 5.42. The fraction of sp³-hybridized carbons (Fsp3) is 0.250. The van der Waals surface area contributed by atoms with Crippen LogP contribution in [0.25, 0.3) is 0 Å². The second-order valence-corrected chi connectivity index (χ2v) is 4.24. The minimum absolute atomic E-state index is 0.271. The average Bonchev–Trinajstić information content (AvgIpc) is 2.84. The molecule has 2 N–H and O–H groups in total. The van der Waals surface area contributed by atoms with Crippen LogP contribution >= 0.6 is 0 Å². The van der Waals surface area contributed by atoms with Crippen molar-refractivity contribution >= 4 is 11.6 Å². The smallest absolute Gasteiger partial charge is 0.277 e. The molecule has 0 unspecified atom stereocenters. The molecular weight excluding hydrogens is 230 g/mol. The molecule has 0 aliphatic rings. The van der Waals surface area contributed by atoms with Gasteiger partial charge in [0.2, 0.25) is 0 Å². The third kappa shape index (κ3) is 3.14. The van der Waals surface area contributed by atoms with Crippen molar-refractivity contribution in [1.29, 1.82) is 0 Å². The quantitative estimate of drug-likeness (QED) is 0.846. The zero-order valence-corrected chi connectivity index (χ0v) is 10.3. The Balaban J connectivity index is 2.00. The lowest BCUT2D eigenvalue weighted by atomic mass is 10.2. The van der Waals surface area contributed by atoms with Gasteiger partial charge in [-0.15, -0.1) is 0 Å². The molecule has 6 nitrogen and oxygen atoms in total. The van der Waals surface area contributed by atoms with Crippen LogP contribution in [0.2, 0.25) is 0 Å². The molecule has 1 heterocycles. The van der Waals surface area contributed by atoms with Gasteiger partial charge in [-0.1, -0.05) is 12.1 Å². The third-order valence-corrected chi connectivity index (χ3v) is 2.36. The van der Waals surface area contributed by atoms with Crippen molar-refractivity contribution in [1.82, 2.24) is 20.3 Å².